The molecule has 5 nitrogen and oxygen atoms in total. The Morgan fingerprint density at radius 3 is 2.90 bits per heavy atom. The van der Waals surface area contributed by atoms with Crippen LogP contribution < -0.4 is 4.90 Å². The summed E-state index contributed by atoms with van der Waals surface area (Å²) < 4.78 is 0. The molecule has 0 radical (unpaired) electrons. The Labute approximate surface area is 120 Å². The Bertz CT molecular complexity index is 697. The van der Waals surface area contributed by atoms with E-state index in [0.29, 0.717) is 5.92 Å². The van der Waals surface area contributed by atoms with E-state index in [0.717, 1.165) is 42.8 Å². The van der Waals surface area contributed by atoms with Gasteiger partial charge in [-0.2, -0.15) is 0 Å². The fourth-order valence-corrected chi connectivity index (χ4v) is 3.70. The van der Waals surface area contributed by atoms with Gasteiger partial charge in [0.2, 0.25) is 0 Å². The zero-order valence-corrected chi connectivity index (χ0v) is 11.8. The Kier molecular flexibility index (Phi) is 2.88. The predicted molar refractivity (Wildman–Crippen MR) is 80.2 cm³/mol. The van der Waals surface area contributed by atoms with Gasteiger partial charge in [-0.15, -0.1) is 11.3 Å². The third-order valence-electron chi connectivity index (χ3n) is 3.93. The van der Waals surface area contributed by atoms with Crippen LogP contribution in [0.2, 0.25) is 0 Å². The lowest BCUT2D eigenvalue weighted by Gasteiger charge is -2.32. The van der Waals surface area contributed by atoms with Crippen LogP contribution in [0.5, 0.6) is 0 Å². The van der Waals surface area contributed by atoms with Crippen LogP contribution in [0.15, 0.2) is 30.2 Å². The highest BCUT2D eigenvalue weighted by Gasteiger charge is 2.24. The number of nitrogens with zero attached hydrogens (tertiary/aromatic N) is 4. The van der Waals surface area contributed by atoms with Crippen molar-refractivity contribution in [3.8, 4) is 0 Å². The number of rotatable bonds is 2. The van der Waals surface area contributed by atoms with Crippen molar-refractivity contribution in [2.75, 3.05) is 18.0 Å². The number of aromatic nitrogens is 4. The summed E-state index contributed by atoms with van der Waals surface area (Å²) in [6.07, 6.45) is 7.75. The van der Waals surface area contributed by atoms with E-state index >= 15 is 0 Å². The van der Waals surface area contributed by atoms with E-state index < -0.39 is 0 Å². The summed E-state index contributed by atoms with van der Waals surface area (Å²) >= 11 is 1.77. The first-order valence-electron chi connectivity index (χ1n) is 6.84. The number of nitrogens with one attached hydrogen (secondary N) is 1. The van der Waals surface area contributed by atoms with Gasteiger partial charge in [0.25, 0.3) is 0 Å². The maximum atomic E-state index is 4.47. The van der Waals surface area contributed by atoms with Crippen LogP contribution in [-0.4, -0.2) is 33.0 Å². The number of anilines is 1. The molecule has 1 saturated heterocycles. The van der Waals surface area contributed by atoms with Crippen LogP contribution in [0.4, 0.5) is 5.82 Å². The molecule has 102 valence electrons. The second-order valence-electron chi connectivity index (χ2n) is 5.07. The summed E-state index contributed by atoms with van der Waals surface area (Å²) in [7, 11) is 0. The molecule has 0 unspecified atom stereocenters. The van der Waals surface area contributed by atoms with Crippen LogP contribution in [0.1, 0.15) is 23.8 Å². The zero-order valence-electron chi connectivity index (χ0n) is 11.0. The number of thiazole rings is 1. The molecular formula is C14H15N5S. The maximum absolute atomic E-state index is 4.47. The SMILES string of the molecule is c1csc(C2CCN(c3ncnc4[nH]ccc34)CC2)n1. The monoisotopic (exact) mass is 285 g/mol. The van der Waals surface area contributed by atoms with Gasteiger partial charge >= 0.3 is 0 Å². The summed E-state index contributed by atoms with van der Waals surface area (Å²) in [6.45, 7) is 2.06. The van der Waals surface area contributed by atoms with Crippen LogP contribution in [0, 0.1) is 0 Å². The van der Waals surface area contributed by atoms with Gasteiger partial charge in [0, 0.05) is 36.8 Å². The second kappa shape index (κ2) is 4.86. The normalized spacial score (nSPS) is 16.9. The van der Waals surface area contributed by atoms with Crippen LogP contribution in [0.3, 0.4) is 0 Å². The molecule has 3 aromatic rings. The number of aromatic amines is 1. The minimum atomic E-state index is 0.606. The first-order chi connectivity index (χ1) is 9.92. The average Bonchev–Trinajstić information content (AvgIpc) is 3.18. The van der Waals surface area contributed by atoms with Gasteiger partial charge in [0.15, 0.2) is 0 Å². The average molecular weight is 285 g/mol. The smallest absolute Gasteiger partial charge is 0.142 e. The molecule has 4 heterocycles. The molecule has 20 heavy (non-hydrogen) atoms. The van der Waals surface area contributed by atoms with E-state index in [9.17, 15) is 0 Å². The zero-order chi connectivity index (χ0) is 13.4. The molecule has 0 bridgehead atoms. The highest BCUT2D eigenvalue weighted by molar-refractivity contribution is 7.09. The Morgan fingerprint density at radius 1 is 1.20 bits per heavy atom. The topological polar surface area (TPSA) is 57.7 Å². The van der Waals surface area contributed by atoms with Gasteiger partial charge in [-0.3, -0.25) is 0 Å². The van der Waals surface area contributed by atoms with Gasteiger partial charge in [-0.05, 0) is 18.9 Å². The van der Waals surface area contributed by atoms with Crippen molar-refractivity contribution in [3.63, 3.8) is 0 Å². The largest absolute Gasteiger partial charge is 0.356 e. The fourth-order valence-electron chi connectivity index (χ4n) is 2.89. The number of H-pyrrole nitrogens is 1. The molecule has 0 spiro atoms. The van der Waals surface area contributed by atoms with E-state index in [1.165, 1.54) is 5.01 Å². The van der Waals surface area contributed by atoms with Crippen molar-refractivity contribution in [1.29, 1.82) is 0 Å². The van der Waals surface area contributed by atoms with Gasteiger partial charge < -0.3 is 9.88 Å². The van der Waals surface area contributed by atoms with Crippen molar-refractivity contribution in [3.05, 3.63) is 35.2 Å². The Balaban J connectivity index is 1.56. The predicted octanol–water partition coefficient (Wildman–Crippen LogP) is 2.80. The van der Waals surface area contributed by atoms with Crippen LogP contribution in [-0.2, 0) is 0 Å². The molecule has 6 heteroatoms. The van der Waals surface area contributed by atoms with Gasteiger partial charge in [-0.25, -0.2) is 15.0 Å². The highest BCUT2D eigenvalue weighted by atomic mass is 32.1. The molecule has 0 aromatic carbocycles. The first-order valence-corrected chi connectivity index (χ1v) is 7.72. The van der Waals surface area contributed by atoms with E-state index in [2.05, 4.69) is 36.3 Å². The first kappa shape index (κ1) is 11.8. The highest BCUT2D eigenvalue weighted by Crippen LogP contribution is 2.32. The van der Waals surface area contributed by atoms with Crippen LogP contribution in [0.25, 0.3) is 11.0 Å². The lowest BCUT2D eigenvalue weighted by Crippen LogP contribution is -2.33. The van der Waals surface area contributed by atoms with Crippen molar-refractivity contribution < 1.29 is 0 Å². The number of hydrogen-bond acceptors (Lipinski definition) is 5. The number of fused-ring (bicyclic) bond motifs is 1. The summed E-state index contributed by atoms with van der Waals surface area (Å²) in [4.78, 5) is 18.7. The summed E-state index contributed by atoms with van der Waals surface area (Å²) in [5.74, 6) is 1.66. The van der Waals surface area contributed by atoms with Gasteiger partial charge in [-0.1, -0.05) is 0 Å². The minimum Gasteiger partial charge on any atom is -0.356 e. The van der Waals surface area contributed by atoms with Crippen molar-refractivity contribution in [1.82, 2.24) is 19.9 Å². The molecule has 3 aromatic heterocycles. The van der Waals surface area contributed by atoms with E-state index in [4.69, 9.17) is 0 Å². The minimum absolute atomic E-state index is 0.606. The molecule has 1 aliphatic heterocycles. The second-order valence-corrected chi connectivity index (χ2v) is 6.00. The molecule has 0 saturated carbocycles. The van der Waals surface area contributed by atoms with E-state index in [1.807, 2.05) is 12.4 Å². The summed E-state index contributed by atoms with van der Waals surface area (Å²) in [5.41, 5.74) is 0.914. The third kappa shape index (κ3) is 1.96. The Morgan fingerprint density at radius 2 is 2.10 bits per heavy atom. The fraction of sp³-hybridized carbons (Fsp3) is 0.357. The maximum Gasteiger partial charge on any atom is 0.142 e. The quantitative estimate of drug-likeness (QED) is 0.786. The molecule has 0 atom stereocenters. The molecule has 1 N–H and O–H groups in total. The molecule has 0 amide bonds. The third-order valence-corrected chi connectivity index (χ3v) is 4.87. The van der Waals surface area contributed by atoms with Crippen LogP contribution >= 0.6 is 11.3 Å². The van der Waals surface area contributed by atoms with Crippen molar-refractivity contribution >= 4 is 28.2 Å². The molecule has 4 rings (SSSR count). The summed E-state index contributed by atoms with van der Waals surface area (Å²) in [5, 5.41) is 4.45. The standard InChI is InChI=1S/C14H15N5S/c1-4-15-12-11(1)13(18-9-17-12)19-6-2-10(3-7-19)14-16-5-8-20-14/h1,4-5,8-10H,2-3,6-7H2,(H,15,17,18). The van der Waals surface area contributed by atoms with E-state index in [-0.39, 0.29) is 0 Å². The van der Waals surface area contributed by atoms with Gasteiger partial charge in [0.1, 0.15) is 17.8 Å². The molecular weight excluding hydrogens is 270 g/mol. The number of piperidine rings is 1. The number of hydrogen-bond donors (Lipinski definition) is 1. The van der Waals surface area contributed by atoms with Crippen molar-refractivity contribution in [2.24, 2.45) is 0 Å². The molecule has 1 aliphatic rings. The molecule has 1 fully saturated rings. The van der Waals surface area contributed by atoms with E-state index in [1.54, 1.807) is 17.7 Å². The van der Waals surface area contributed by atoms with Gasteiger partial charge in [0.05, 0.1) is 10.4 Å². The molecule has 0 aliphatic carbocycles. The lowest BCUT2D eigenvalue weighted by atomic mass is 9.97. The lowest BCUT2D eigenvalue weighted by molar-refractivity contribution is 0.502. The van der Waals surface area contributed by atoms with Crippen molar-refractivity contribution in [2.45, 2.75) is 18.8 Å². The Hall–Kier alpha value is -1.95. The summed E-state index contributed by atoms with van der Waals surface area (Å²) in [6, 6.07) is 2.05.